The first-order valence-electron chi connectivity index (χ1n) is 8.04. The zero-order chi connectivity index (χ0) is 15.4. The van der Waals surface area contributed by atoms with Gasteiger partial charge in [0.15, 0.2) is 0 Å². The normalized spacial score (nSPS) is 15.1. The van der Waals surface area contributed by atoms with Crippen LogP contribution in [0.4, 0.5) is 0 Å². The molecule has 0 unspecified atom stereocenters. The number of benzene rings is 1. The highest BCUT2D eigenvalue weighted by molar-refractivity contribution is 5.75. The average molecular weight is 297 g/mol. The molecule has 4 heteroatoms. The summed E-state index contributed by atoms with van der Waals surface area (Å²) in [6, 6.07) is 10.6. The molecule has 1 aliphatic rings. The monoisotopic (exact) mass is 297 g/mol. The summed E-state index contributed by atoms with van der Waals surface area (Å²) in [5.41, 5.74) is 3.89. The highest BCUT2D eigenvalue weighted by Crippen LogP contribution is 2.23. The standard InChI is InChI=1S/C18H23N3O/c1-14-10-11-21(20-14)13-18(22)19-12-15-6-8-16-4-2-3-5-17(16)9-7-15/h2-5,10-11,15H,6-9,12-13H2,1H3,(H,19,22). The Labute approximate surface area is 131 Å². The molecule has 1 N–H and O–H groups in total. The Morgan fingerprint density at radius 2 is 1.91 bits per heavy atom. The van der Waals surface area contributed by atoms with Gasteiger partial charge in [0.05, 0.1) is 5.69 Å². The quantitative estimate of drug-likeness (QED) is 0.881. The van der Waals surface area contributed by atoms with Crippen molar-refractivity contribution in [3.63, 3.8) is 0 Å². The fraction of sp³-hybridized carbons (Fsp3) is 0.444. The largest absolute Gasteiger partial charge is 0.354 e. The molecule has 0 bridgehead atoms. The van der Waals surface area contributed by atoms with Crippen molar-refractivity contribution in [2.24, 2.45) is 5.92 Å². The summed E-state index contributed by atoms with van der Waals surface area (Å²) in [5.74, 6) is 0.612. The number of hydrogen-bond acceptors (Lipinski definition) is 2. The predicted octanol–water partition coefficient (Wildman–Crippen LogP) is 2.50. The molecule has 0 radical (unpaired) electrons. The molecular formula is C18H23N3O. The van der Waals surface area contributed by atoms with Crippen molar-refractivity contribution in [2.45, 2.75) is 39.2 Å². The summed E-state index contributed by atoms with van der Waals surface area (Å²) in [7, 11) is 0. The number of nitrogens with zero attached hydrogens (tertiary/aromatic N) is 2. The molecule has 0 spiro atoms. The van der Waals surface area contributed by atoms with E-state index in [4.69, 9.17) is 0 Å². The van der Waals surface area contributed by atoms with Gasteiger partial charge in [0.25, 0.3) is 0 Å². The minimum absolute atomic E-state index is 0.0462. The number of fused-ring (bicyclic) bond motifs is 1. The van der Waals surface area contributed by atoms with Crippen molar-refractivity contribution in [1.29, 1.82) is 0 Å². The van der Waals surface area contributed by atoms with Crippen LogP contribution in [0.5, 0.6) is 0 Å². The molecular weight excluding hydrogens is 274 g/mol. The molecule has 0 atom stereocenters. The molecule has 3 rings (SSSR count). The van der Waals surface area contributed by atoms with E-state index >= 15 is 0 Å². The van der Waals surface area contributed by atoms with Gasteiger partial charge in [-0.25, -0.2) is 0 Å². The van der Waals surface area contributed by atoms with E-state index in [2.05, 4.69) is 34.7 Å². The molecule has 1 heterocycles. The Morgan fingerprint density at radius 3 is 2.50 bits per heavy atom. The highest BCUT2D eigenvalue weighted by atomic mass is 16.2. The molecule has 0 fully saturated rings. The third kappa shape index (κ3) is 3.75. The van der Waals surface area contributed by atoms with Crippen LogP contribution in [0.3, 0.4) is 0 Å². The van der Waals surface area contributed by atoms with Gasteiger partial charge in [0.2, 0.25) is 5.91 Å². The van der Waals surface area contributed by atoms with E-state index in [9.17, 15) is 4.79 Å². The summed E-state index contributed by atoms with van der Waals surface area (Å²) >= 11 is 0. The van der Waals surface area contributed by atoms with Crippen molar-refractivity contribution < 1.29 is 4.79 Å². The van der Waals surface area contributed by atoms with Gasteiger partial charge in [-0.2, -0.15) is 5.10 Å². The van der Waals surface area contributed by atoms with Gasteiger partial charge < -0.3 is 5.32 Å². The minimum Gasteiger partial charge on any atom is -0.354 e. The van der Waals surface area contributed by atoms with Crippen molar-refractivity contribution in [2.75, 3.05) is 6.54 Å². The molecule has 0 saturated carbocycles. The fourth-order valence-electron chi connectivity index (χ4n) is 3.13. The highest BCUT2D eigenvalue weighted by Gasteiger charge is 2.16. The number of aryl methyl sites for hydroxylation is 3. The molecule has 1 amide bonds. The number of nitrogens with one attached hydrogen (secondary N) is 1. The maximum atomic E-state index is 12.0. The van der Waals surface area contributed by atoms with Crippen molar-refractivity contribution in [1.82, 2.24) is 15.1 Å². The van der Waals surface area contributed by atoms with Crippen LogP contribution >= 0.6 is 0 Å². The van der Waals surface area contributed by atoms with Crippen molar-refractivity contribution in [3.05, 3.63) is 53.3 Å². The van der Waals surface area contributed by atoms with Crippen LogP contribution in [0.2, 0.25) is 0 Å². The molecule has 4 nitrogen and oxygen atoms in total. The lowest BCUT2D eigenvalue weighted by Gasteiger charge is -2.14. The lowest BCUT2D eigenvalue weighted by Crippen LogP contribution is -2.32. The Kier molecular flexibility index (Phi) is 4.56. The van der Waals surface area contributed by atoms with Gasteiger partial charge in [-0.05, 0) is 55.7 Å². The average Bonchev–Trinajstić information content (AvgIpc) is 2.81. The zero-order valence-corrected chi connectivity index (χ0v) is 13.1. The lowest BCUT2D eigenvalue weighted by atomic mass is 10.00. The third-order valence-corrected chi connectivity index (χ3v) is 4.43. The molecule has 0 saturated heterocycles. The predicted molar refractivity (Wildman–Crippen MR) is 86.5 cm³/mol. The van der Waals surface area contributed by atoms with Gasteiger partial charge in [-0.1, -0.05) is 24.3 Å². The van der Waals surface area contributed by atoms with Crippen LogP contribution in [0.15, 0.2) is 36.5 Å². The van der Waals surface area contributed by atoms with E-state index in [-0.39, 0.29) is 5.91 Å². The summed E-state index contributed by atoms with van der Waals surface area (Å²) in [6.07, 6.45) is 6.39. The Morgan fingerprint density at radius 1 is 1.23 bits per heavy atom. The number of amides is 1. The summed E-state index contributed by atoms with van der Waals surface area (Å²) in [5, 5.41) is 7.31. The van der Waals surface area contributed by atoms with Crippen LogP contribution in [-0.4, -0.2) is 22.2 Å². The third-order valence-electron chi connectivity index (χ3n) is 4.43. The smallest absolute Gasteiger partial charge is 0.241 e. The second-order valence-electron chi connectivity index (χ2n) is 6.17. The fourth-order valence-corrected chi connectivity index (χ4v) is 3.13. The Balaban J connectivity index is 1.47. The van der Waals surface area contributed by atoms with Gasteiger partial charge in [0.1, 0.15) is 6.54 Å². The topological polar surface area (TPSA) is 46.9 Å². The van der Waals surface area contributed by atoms with Gasteiger partial charge in [-0.3, -0.25) is 9.48 Å². The van der Waals surface area contributed by atoms with E-state index in [0.717, 1.165) is 37.9 Å². The molecule has 116 valence electrons. The van der Waals surface area contributed by atoms with Crippen LogP contribution in [-0.2, 0) is 24.2 Å². The van der Waals surface area contributed by atoms with Crippen LogP contribution in [0.25, 0.3) is 0 Å². The first kappa shape index (κ1) is 14.8. The SMILES string of the molecule is Cc1ccn(CC(=O)NCC2CCc3ccccc3CC2)n1. The summed E-state index contributed by atoms with van der Waals surface area (Å²) in [6.45, 7) is 3.01. The maximum absolute atomic E-state index is 12.0. The van der Waals surface area contributed by atoms with Gasteiger partial charge in [0, 0.05) is 12.7 Å². The molecule has 0 aliphatic heterocycles. The van der Waals surface area contributed by atoms with Crippen molar-refractivity contribution in [3.8, 4) is 0 Å². The number of carbonyl (C=O) groups is 1. The first-order valence-corrected chi connectivity index (χ1v) is 8.04. The number of rotatable bonds is 4. The number of aromatic nitrogens is 2. The number of carbonyl (C=O) groups excluding carboxylic acids is 1. The Bertz CT molecular complexity index is 620. The lowest BCUT2D eigenvalue weighted by molar-refractivity contribution is -0.122. The second-order valence-corrected chi connectivity index (χ2v) is 6.17. The first-order chi connectivity index (χ1) is 10.7. The number of hydrogen-bond donors (Lipinski definition) is 1. The van der Waals surface area contributed by atoms with Crippen LogP contribution < -0.4 is 5.32 Å². The minimum atomic E-state index is 0.0462. The molecule has 1 aromatic heterocycles. The van der Waals surface area contributed by atoms with E-state index in [1.807, 2.05) is 19.2 Å². The van der Waals surface area contributed by atoms with Crippen LogP contribution in [0.1, 0.15) is 29.7 Å². The van der Waals surface area contributed by atoms with Gasteiger partial charge >= 0.3 is 0 Å². The van der Waals surface area contributed by atoms with Crippen molar-refractivity contribution >= 4 is 5.91 Å². The summed E-state index contributed by atoms with van der Waals surface area (Å²) < 4.78 is 1.69. The summed E-state index contributed by atoms with van der Waals surface area (Å²) in [4.78, 5) is 12.0. The van der Waals surface area contributed by atoms with E-state index in [0.29, 0.717) is 12.5 Å². The maximum Gasteiger partial charge on any atom is 0.241 e. The zero-order valence-electron chi connectivity index (χ0n) is 13.1. The molecule has 1 aromatic carbocycles. The van der Waals surface area contributed by atoms with E-state index < -0.39 is 0 Å². The second kappa shape index (κ2) is 6.77. The van der Waals surface area contributed by atoms with Crippen LogP contribution in [0, 0.1) is 12.8 Å². The molecule has 22 heavy (non-hydrogen) atoms. The van der Waals surface area contributed by atoms with Gasteiger partial charge in [-0.15, -0.1) is 0 Å². The van der Waals surface area contributed by atoms with E-state index in [1.54, 1.807) is 4.68 Å². The van der Waals surface area contributed by atoms with E-state index in [1.165, 1.54) is 11.1 Å². The molecule has 1 aliphatic carbocycles. The Hall–Kier alpha value is -2.10. The molecule has 2 aromatic rings.